The molecule has 0 fully saturated rings. The Hall–Kier alpha value is -3.48. The van der Waals surface area contributed by atoms with Crippen LogP contribution in [0.3, 0.4) is 0 Å². The van der Waals surface area contributed by atoms with Crippen molar-refractivity contribution < 1.29 is 27.5 Å². The lowest BCUT2D eigenvalue weighted by atomic mass is 10.3. The van der Waals surface area contributed by atoms with Gasteiger partial charge in [-0.1, -0.05) is 12.1 Å². The summed E-state index contributed by atoms with van der Waals surface area (Å²) < 4.78 is 36.0. The van der Waals surface area contributed by atoms with Crippen LogP contribution >= 0.6 is 0 Å². The molecule has 12 nitrogen and oxygen atoms in total. The minimum absolute atomic E-state index is 0.0479. The van der Waals surface area contributed by atoms with Crippen LogP contribution in [0.5, 0.6) is 6.01 Å². The molecule has 1 heterocycles. The van der Waals surface area contributed by atoms with Crippen LogP contribution in [0.25, 0.3) is 0 Å². The number of sulfonamides is 1. The van der Waals surface area contributed by atoms with Gasteiger partial charge in [-0.2, -0.15) is 15.0 Å². The quantitative estimate of drug-likeness (QED) is 0.666. The Kier molecular flexibility index (Phi) is 6.07. The van der Waals surface area contributed by atoms with Gasteiger partial charge in [0.25, 0.3) is 10.0 Å². The summed E-state index contributed by atoms with van der Waals surface area (Å²) in [7, 11) is -1.87. The smallest absolute Gasteiger partial charge is 0.411 e. The number of nitrogens with one attached hydrogen (secondary N) is 3. The average molecular weight is 396 g/mol. The Labute approximate surface area is 154 Å². The number of para-hydroxylation sites is 1. The molecule has 0 aliphatic rings. The first-order chi connectivity index (χ1) is 12.7. The van der Waals surface area contributed by atoms with Gasteiger partial charge in [-0.25, -0.2) is 22.7 Å². The summed E-state index contributed by atoms with van der Waals surface area (Å²) in [5.74, 6) is 0.0562. The zero-order valence-electron chi connectivity index (χ0n) is 14.5. The molecule has 1 aromatic carbocycles. The van der Waals surface area contributed by atoms with E-state index in [-0.39, 0.29) is 28.4 Å². The molecule has 0 spiro atoms. The van der Waals surface area contributed by atoms with Crippen LogP contribution in [-0.4, -0.2) is 49.7 Å². The van der Waals surface area contributed by atoms with E-state index in [0.29, 0.717) is 0 Å². The standard InChI is InChI=1S/C14H16N6O6S/c1-8-15-11(19-13(16-8)25-2)18-12(21)20-27(23,24)10-7-5-4-6-9(10)17-14(22)26-3/h4-7H,1-3H3,(H,17,22)(H2,15,16,18,19,20,21). The highest BCUT2D eigenvalue weighted by Gasteiger charge is 2.22. The number of ether oxygens (including phenoxy) is 2. The van der Waals surface area contributed by atoms with Crippen LogP contribution in [0.2, 0.25) is 0 Å². The third-order valence-corrected chi connectivity index (χ3v) is 4.35. The molecule has 1 aromatic heterocycles. The molecule has 0 aliphatic heterocycles. The monoisotopic (exact) mass is 396 g/mol. The molecule has 0 radical (unpaired) electrons. The number of nitrogens with zero attached hydrogens (tertiary/aromatic N) is 3. The summed E-state index contributed by atoms with van der Waals surface area (Å²) in [6.07, 6.45) is -0.866. The number of methoxy groups -OCH3 is 2. The first kappa shape index (κ1) is 19.8. The molecule has 3 N–H and O–H groups in total. The van der Waals surface area contributed by atoms with E-state index < -0.39 is 22.1 Å². The minimum atomic E-state index is -4.32. The SMILES string of the molecule is COC(=O)Nc1ccccc1S(=O)(=O)NC(=O)Nc1nc(C)nc(OC)n1. The molecular formula is C14H16N6O6S. The third kappa shape index (κ3) is 5.24. The molecule has 13 heteroatoms. The maximum Gasteiger partial charge on any atom is 0.411 e. The van der Waals surface area contributed by atoms with Gasteiger partial charge in [-0.05, 0) is 19.1 Å². The van der Waals surface area contributed by atoms with Crippen molar-refractivity contribution in [3.63, 3.8) is 0 Å². The summed E-state index contributed by atoms with van der Waals surface area (Å²) in [6, 6.07) is 4.31. The number of carbonyl (C=O) groups is 2. The van der Waals surface area contributed by atoms with E-state index in [1.54, 1.807) is 11.6 Å². The van der Waals surface area contributed by atoms with E-state index in [0.717, 1.165) is 7.11 Å². The van der Waals surface area contributed by atoms with Crippen LogP contribution in [0.15, 0.2) is 29.2 Å². The van der Waals surface area contributed by atoms with Crippen LogP contribution in [0.1, 0.15) is 5.82 Å². The van der Waals surface area contributed by atoms with Crippen molar-refractivity contribution in [1.82, 2.24) is 19.7 Å². The van der Waals surface area contributed by atoms with Gasteiger partial charge in [0.2, 0.25) is 5.95 Å². The van der Waals surface area contributed by atoms with Gasteiger partial charge in [0.05, 0.1) is 19.9 Å². The molecule has 2 aromatic rings. The molecule has 0 unspecified atom stereocenters. The number of aromatic nitrogens is 3. The van der Waals surface area contributed by atoms with E-state index in [9.17, 15) is 18.0 Å². The van der Waals surface area contributed by atoms with Crippen molar-refractivity contribution in [2.45, 2.75) is 11.8 Å². The van der Waals surface area contributed by atoms with Gasteiger partial charge in [0.1, 0.15) is 10.7 Å². The van der Waals surface area contributed by atoms with Crippen molar-refractivity contribution in [3.8, 4) is 6.01 Å². The number of amides is 3. The van der Waals surface area contributed by atoms with Crippen LogP contribution in [0, 0.1) is 6.92 Å². The Morgan fingerprint density at radius 1 is 1.04 bits per heavy atom. The van der Waals surface area contributed by atoms with Crippen LogP contribution in [0.4, 0.5) is 21.2 Å². The van der Waals surface area contributed by atoms with Crippen LogP contribution in [-0.2, 0) is 14.8 Å². The number of urea groups is 1. The number of rotatable bonds is 5. The number of aryl methyl sites for hydroxylation is 1. The van der Waals surface area contributed by atoms with E-state index in [4.69, 9.17) is 4.74 Å². The lowest BCUT2D eigenvalue weighted by Crippen LogP contribution is -2.35. The zero-order valence-corrected chi connectivity index (χ0v) is 15.3. The largest absolute Gasteiger partial charge is 0.467 e. The number of carbonyl (C=O) groups excluding carboxylic acids is 2. The molecule has 144 valence electrons. The Morgan fingerprint density at radius 3 is 2.41 bits per heavy atom. The molecule has 0 saturated carbocycles. The topological polar surface area (TPSA) is 162 Å². The maximum atomic E-state index is 12.5. The van der Waals surface area contributed by atoms with Gasteiger partial charge < -0.3 is 9.47 Å². The Balaban J connectivity index is 2.20. The average Bonchev–Trinajstić information content (AvgIpc) is 2.60. The summed E-state index contributed by atoms with van der Waals surface area (Å²) >= 11 is 0. The van der Waals surface area contributed by atoms with Crippen molar-refractivity contribution in [2.75, 3.05) is 24.9 Å². The first-order valence-corrected chi connectivity index (χ1v) is 8.78. The maximum absolute atomic E-state index is 12.5. The molecule has 0 aliphatic carbocycles. The molecule has 27 heavy (non-hydrogen) atoms. The van der Waals surface area contributed by atoms with E-state index >= 15 is 0 Å². The van der Waals surface area contributed by atoms with E-state index in [1.165, 1.54) is 31.4 Å². The van der Waals surface area contributed by atoms with Gasteiger partial charge in [-0.3, -0.25) is 10.6 Å². The van der Waals surface area contributed by atoms with Crippen molar-refractivity contribution in [1.29, 1.82) is 0 Å². The van der Waals surface area contributed by atoms with Gasteiger partial charge in [-0.15, -0.1) is 0 Å². The fourth-order valence-corrected chi connectivity index (χ4v) is 2.95. The lowest BCUT2D eigenvalue weighted by Gasteiger charge is -2.12. The lowest BCUT2D eigenvalue weighted by molar-refractivity contribution is 0.187. The first-order valence-electron chi connectivity index (χ1n) is 7.29. The van der Waals surface area contributed by atoms with Gasteiger partial charge >= 0.3 is 18.1 Å². The molecular weight excluding hydrogens is 380 g/mol. The summed E-state index contributed by atoms with van der Waals surface area (Å²) in [4.78, 5) is 34.5. The fraction of sp³-hybridized carbons (Fsp3) is 0.214. The van der Waals surface area contributed by atoms with Crippen molar-refractivity contribution in [2.24, 2.45) is 0 Å². The van der Waals surface area contributed by atoms with Crippen LogP contribution < -0.4 is 20.1 Å². The Morgan fingerprint density at radius 2 is 1.74 bits per heavy atom. The van der Waals surface area contributed by atoms with Crippen molar-refractivity contribution >= 4 is 33.8 Å². The highest BCUT2D eigenvalue weighted by Crippen LogP contribution is 2.21. The second kappa shape index (κ2) is 8.27. The summed E-state index contributed by atoms with van der Waals surface area (Å²) in [6.45, 7) is 1.54. The highest BCUT2D eigenvalue weighted by atomic mass is 32.2. The number of benzene rings is 1. The number of hydrogen-bond acceptors (Lipinski definition) is 9. The van der Waals surface area contributed by atoms with Gasteiger partial charge in [0.15, 0.2) is 0 Å². The molecule has 0 atom stereocenters. The Bertz CT molecular complexity index is 964. The minimum Gasteiger partial charge on any atom is -0.467 e. The number of hydrogen-bond donors (Lipinski definition) is 3. The zero-order chi connectivity index (χ0) is 20.0. The highest BCUT2D eigenvalue weighted by molar-refractivity contribution is 7.90. The second-order valence-corrected chi connectivity index (χ2v) is 6.52. The fourth-order valence-electron chi connectivity index (χ4n) is 1.87. The third-order valence-electron chi connectivity index (χ3n) is 2.96. The van der Waals surface area contributed by atoms with Gasteiger partial charge in [0, 0.05) is 0 Å². The molecule has 2 rings (SSSR count). The normalized spacial score (nSPS) is 10.6. The van der Waals surface area contributed by atoms with E-state index in [1.807, 2.05) is 0 Å². The summed E-state index contributed by atoms with van der Waals surface area (Å²) in [5.41, 5.74) is -0.0673. The molecule has 3 amide bonds. The molecule has 0 bridgehead atoms. The summed E-state index contributed by atoms with van der Waals surface area (Å²) in [5, 5.41) is 4.42. The second-order valence-electron chi connectivity index (χ2n) is 4.87. The molecule has 0 saturated heterocycles. The predicted molar refractivity (Wildman–Crippen MR) is 92.9 cm³/mol. The predicted octanol–water partition coefficient (Wildman–Crippen LogP) is 0.877. The van der Waals surface area contributed by atoms with Crippen molar-refractivity contribution in [3.05, 3.63) is 30.1 Å². The number of anilines is 2. The van der Waals surface area contributed by atoms with E-state index in [2.05, 4.69) is 30.3 Å².